The number of carbonyl (C=O) groups excluding carboxylic acids is 3. The molecule has 2 unspecified atom stereocenters. The van der Waals surface area contributed by atoms with Crippen LogP contribution in [0.5, 0.6) is 0 Å². The predicted octanol–water partition coefficient (Wildman–Crippen LogP) is 2.65. The quantitative estimate of drug-likeness (QED) is 0.650. The summed E-state index contributed by atoms with van der Waals surface area (Å²) < 4.78 is 20.2. The van der Waals surface area contributed by atoms with E-state index in [-0.39, 0.29) is 30.8 Å². The number of ether oxygens (including phenoxy) is 1. The highest BCUT2D eigenvalue weighted by molar-refractivity contribution is 5.90. The lowest BCUT2D eigenvalue weighted by molar-refractivity contribution is -0.123. The van der Waals surface area contributed by atoms with Gasteiger partial charge in [-0.05, 0) is 48.7 Å². The number of rotatable bonds is 7. The molecule has 4 rings (SSSR count). The molecular weight excluding hydrogens is 439 g/mol. The zero-order valence-electron chi connectivity index (χ0n) is 19.1. The van der Waals surface area contributed by atoms with Crippen LogP contribution in [0.4, 0.5) is 14.9 Å². The number of amides is 3. The summed E-state index contributed by atoms with van der Waals surface area (Å²) in [6.45, 7) is 4.14. The second kappa shape index (κ2) is 10.2. The molecule has 0 saturated carbocycles. The van der Waals surface area contributed by atoms with Crippen LogP contribution >= 0.6 is 0 Å². The molecule has 2 aliphatic heterocycles. The highest BCUT2D eigenvalue weighted by Gasteiger charge is 2.32. The first-order valence-electron chi connectivity index (χ1n) is 11.4. The molecule has 9 heteroatoms. The molecule has 3 N–H and O–H groups in total. The number of hydrogen-bond donors (Lipinski definition) is 2. The van der Waals surface area contributed by atoms with E-state index in [2.05, 4.69) is 10.2 Å². The lowest BCUT2D eigenvalue weighted by Crippen LogP contribution is -2.40. The first-order valence-corrected chi connectivity index (χ1v) is 11.4. The molecule has 3 amide bonds. The molecule has 0 spiro atoms. The summed E-state index contributed by atoms with van der Waals surface area (Å²) in [5.41, 5.74) is 8.12. The molecule has 8 nitrogen and oxygen atoms in total. The van der Waals surface area contributed by atoms with Crippen LogP contribution in [0.2, 0.25) is 0 Å². The van der Waals surface area contributed by atoms with Gasteiger partial charge < -0.3 is 15.8 Å². The highest BCUT2D eigenvalue weighted by atomic mass is 19.1. The number of nitrogens with two attached hydrogens (primary N) is 1. The third kappa shape index (κ3) is 5.53. The van der Waals surface area contributed by atoms with Crippen molar-refractivity contribution in [3.63, 3.8) is 0 Å². The van der Waals surface area contributed by atoms with Gasteiger partial charge in [0, 0.05) is 25.6 Å². The smallest absolute Gasteiger partial charge is 0.414 e. The van der Waals surface area contributed by atoms with E-state index in [0.717, 1.165) is 30.5 Å². The summed E-state index contributed by atoms with van der Waals surface area (Å²) in [5.74, 6) is -0.996. The van der Waals surface area contributed by atoms with Gasteiger partial charge in [0.1, 0.15) is 11.9 Å². The van der Waals surface area contributed by atoms with Crippen molar-refractivity contribution in [1.82, 2.24) is 10.2 Å². The molecule has 0 aromatic heterocycles. The number of nitrogens with one attached hydrogen (secondary N) is 1. The van der Waals surface area contributed by atoms with Gasteiger partial charge in [-0.15, -0.1) is 0 Å². The monoisotopic (exact) mass is 468 g/mol. The van der Waals surface area contributed by atoms with E-state index in [4.69, 9.17) is 10.5 Å². The fourth-order valence-corrected chi connectivity index (χ4v) is 4.48. The predicted molar refractivity (Wildman–Crippen MR) is 125 cm³/mol. The number of nitrogens with zero attached hydrogens (tertiary/aromatic N) is 2. The maximum Gasteiger partial charge on any atom is 0.414 e. The topological polar surface area (TPSA) is 105 Å². The van der Waals surface area contributed by atoms with Crippen LogP contribution in [0.15, 0.2) is 42.5 Å². The Morgan fingerprint density at radius 2 is 1.94 bits per heavy atom. The lowest BCUT2D eigenvalue weighted by Gasteiger charge is -2.31. The standard InChI is InChI=1S/C25H29FN4O4/c1-16(31)28-12-21-15-30(25(33)34-21)20-8-9-22(23(26)11-20)18-6-4-17(5-7-18)13-29-10-2-3-19(14-29)24(27)32/h4-9,11,19,21H,2-3,10,12-15H2,1H3,(H2,27,32)(H,28,31). The van der Waals surface area contributed by atoms with Crippen molar-refractivity contribution in [3.05, 3.63) is 53.8 Å². The number of carbonyl (C=O) groups is 3. The molecule has 2 heterocycles. The van der Waals surface area contributed by atoms with E-state index in [1.807, 2.05) is 24.3 Å². The minimum atomic E-state index is -0.567. The van der Waals surface area contributed by atoms with Crippen molar-refractivity contribution < 1.29 is 23.5 Å². The number of halogens is 1. The third-order valence-electron chi connectivity index (χ3n) is 6.30. The molecule has 0 aliphatic carbocycles. The summed E-state index contributed by atoms with van der Waals surface area (Å²) >= 11 is 0. The van der Waals surface area contributed by atoms with Crippen LogP contribution in [-0.2, 0) is 20.9 Å². The first kappa shape index (κ1) is 23.7. The maximum absolute atomic E-state index is 15.0. The Morgan fingerprint density at radius 1 is 1.18 bits per heavy atom. The van der Waals surface area contributed by atoms with Gasteiger partial charge in [-0.3, -0.25) is 19.4 Å². The second-order valence-corrected chi connectivity index (χ2v) is 8.89. The Labute approximate surface area is 197 Å². The number of hydrogen-bond acceptors (Lipinski definition) is 5. The number of likely N-dealkylation sites (tertiary alicyclic amines) is 1. The molecule has 2 aromatic rings. The largest absolute Gasteiger partial charge is 0.442 e. The molecular formula is C25H29FN4O4. The fraction of sp³-hybridized carbons (Fsp3) is 0.400. The number of anilines is 1. The summed E-state index contributed by atoms with van der Waals surface area (Å²) in [5, 5.41) is 2.62. The summed E-state index contributed by atoms with van der Waals surface area (Å²) in [6, 6.07) is 12.3. The van der Waals surface area contributed by atoms with Crippen molar-refractivity contribution in [1.29, 1.82) is 0 Å². The zero-order valence-corrected chi connectivity index (χ0v) is 19.1. The Bertz CT molecular complexity index is 1080. The molecule has 2 saturated heterocycles. The van der Waals surface area contributed by atoms with Crippen LogP contribution in [0.1, 0.15) is 25.3 Å². The van der Waals surface area contributed by atoms with Gasteiger partial charge in [-0.1, -0.05) is 24.3 Å². The normalized spacial score (nSPS) is 20.8. The van der Waals surface area contributed by atoms with Gasteiger partial charge in [0.2, 0.25) is 11.8 Å². The van der Waals surface area contributed by atoms with E-state index < -0.39 is 18.0 Å². The lowest BCUT2D eigenvalue weighted by atomic mass is 9.97. The number of piperidine rings is 1. The minimum absolute atomic E-state index is 0.103. The minimum Gasteiger partial charge on any atom is -0.442 e. The first-order chi connectivity index (χ1) is 16.3. The van der Waals surface area contributed by atoms with Gasteiger partial charge in [-0.2, -0.15) is 0 Å². The average Bonchev–Trinajstić information content (AvgIpc) is 3.19. The molecule has 2 aliphatic rings. The van der Waals surface area contributed by atoms with Crippen molar-refractivity contribution in [3.8, 4) is 11.1 Å². The van der Waals surface area contributed by atoms with Gasteiger partial charge in [0.15, 0.2) is 0 Å². The number of primary amides is 1. The van der Waals surface area contributed by atoms with Crippen LogP contribution in [0.25, 0.3) is 11.1 Å². The number of benzene rings is 2. The zero-order chi connectivity index (χ0) is 24.2. The molecule has 180 valence electrons. The third-order valence-corrected chi connectivity index (χ3v) is 6.30. The number of cyclic esters (lactones) is 1. The molecule has 2 atom stereocenters. The summed E-state index contributed by atoms with van der Waals surface area (Å²) in [7, 11) is 0. The molecule has 2 fully saturated rings. The fourth-order valence-electron chi connectivity index (χ4n) is 4.48. The van der Waals surface area contributed by atoms with E-state index in [9.17, 15) is 18.8 Å². The van der Waals surface area contributed by atoms with E-state index in [1.165, 1.54) is 17.9 Å². The van der Waals surface area contributed by atoms with Gasteiger partial charge in [0.05, 0.1) is 24.7 Å². The SMILES string of the molecule is CC(=O)NCC1CN(c2ccc(-c3ccc(CN4CCCC(C(N)=O)C4)cc3)c(F)c2)C(=O)O1. The summed E-state index contributed by atoms with van der Waals surface area (Å²) in [4.78, 5) is 38.3. The molecule has 0 radical (unpaired) electrons. The average molecular weight is 469 g/mol. The van der Waals surface area contributed by atoms with Crippen molar-refractivity contribution in [2.75, 3.05) is 31.1 Å². The van der Waals surface area contributed by atoms with Crippen molar-refractivity contribution in [2.45, 2.75) is 32.4 Å². The van der Waals surface area contributed by atoms with Crippen molar-refractivity contribution >= 4 is 23.6 Å². The van der Waals surface area contributed by atoms with Crippen LogP contribution < -0.4 is 16.0 Å². The van der Waals surface area contributed by atoms with Crippen LogP contribution in [0, 0.1) is 11.7 Å². The van der Waals surface area contributed by atoms with Crippen LogP contribution in [-0.4, -0.2) is 55.1 Å². The Hall–Kier alpha value is -3.46. The Kier molecular flexibility index (Phi) is 7.12. The molecule has 2 aromatic carbocycles. The summed E-state index contributed by atoms with van der Waals surface area (Å²) in [6.07, 6.45) is 0.737. The molecule has 34 heavy (non-hydrogen) atoms. The van der Waals surface area contributed by atoms with Gasteiger partial charge >= 0.3 is 6.09 Å². The second-order valence-electron chi connectivity index (χ2n) is 8.89. The Balaban J connectivity index is 1.40. The molecule has 0 bridgehead atoms. The van der Waals surface area contributed by atoms with E-state index >= 15 is 0 Å². The van der Waals surface area contributed by atoms with Gasteiger partial charge in [-0.25, -0.2) is 9.18 Å². The maximum atomic E-state index is 15.0. The Morgan fingerprint density at radius 3 is 2.62 bits per heavy atom. The van der Waals surface area contributed by atoms with E-state index in [1.54, 1.807) is 12.1 Å². The van der Waals surface area contributed by atoms with E-state index in [0.29, 0.717) is 24.3 Å². The van der Waals surface area contributed by atoms with Crippen molar-refractivity contribution in [2.24, 2.45) is 11.7 Å². The van der Waals surface area contributed by atoms with Gasteiger partial charge in [0.25, 0.3) is 0 Å². The van der Waals surface area contributed by atoms with Crippen LogP contribution in [0.3, 0.4) is 0 Å². The highest BCUT2D eigenvalue weighted by Crippen LogP contribution is 2.29.